The van der Waals surface area contributed by atoms with Crippen molar-refractivity contribution in [1.29, 1.82) is 5.26 Å². The first-order valence-electron chi connectivity index (χ1n) is 13.0. The Morgan fingerprint density at radius 1 is 1.24 bits per heavy atom. The summed E-state index contributed by atoms with van der Waals surface area (Å²) in [7, 11) is 1.47. The molecule has 0 aliphatic carbocycles. The van der Waals surface area contributed by atoms with Gasteiger partial charge in [0, 0.05) is 24.7 Å². The number of rotatable bonds is 7. The van der Waals surface area contributed by atoms with E-state index in [1.165, 1.54) is 23.7 Å². The number of halogens is 2. The Hall–Kier alpha value is -4.05. The van der Waals surface area contributed by atoms with E-state index in [9.17, 15) is 14.4 Å². The molecule has 4 rings (SSSR count). The Kier molecular flexibility index (Phi) is 9.46. The number of fused-ring (bicyclic) bond motifs is 1. The van der Waals surface area contributed by atoms with Crippen LogP contribution in [0.1, 0.15) is 26.3 Å². The van der Waals surface area contributed by atoms with Gasteiger partial charge in [-0.15, -0.1) is 0 Å². The third-order valence-corrected chi connectivity index (χ3v) is 6.76. The maximum absolute atomic E-state index is 13.5. The van der Waals surface area contributed by atoms with Gasteiger partial charge in [0.15, 0.2) is 18.2 Å². The minimum absolute atomic E-state index is 0.00294. The molecule has 1 fully saturated rings. The molecule has 0 bridgehead atoms. The van der Waals surface area contributed by atoms with Crippen LogP contribution in [-0.4, -0.2) is 71.5 Å². The lowest BCUT2D eigenvalue weighted by Crippen LogP contribution is -2.49. The molecule has 0 spiro atoms. The van der Waals surface area contributed by atoms with E-state index in [2.05, 4.69) is 15.6 Å². The summed E-state index contributed by atoms with van der Waals surface area (Å²) in [5.74, 6) is -0.207. The van der Waals surface area contributed by atoms with Crippen molar-refractivity contribution in [1.82, 2.24) is 19.8 Å². The Bertz CT molecular complexity index is 1610. The molecule has 2 aromatic heterocycles. The number of aromatic nitrogens is 2. The number of carbonyl (C=O) groups excluding carboxylic acids is 2. The lowest BCUT2D eigenvalue weighted by molar-refractivity contribution is -0.122. The van der Waals surface area contributed by atoms with Crippen molar-refractivity contribution in [3.8, 4) is 11.8 Å². The number of likely N-dealkylation sites (N-methyl/N-ethyl adjacent to an activating group) is 1. The highest BCUT2D eigenvalue weighted by Gasteiger charge is 2.29. The number of nitrogens with zero attached hydrogens (tertiary/aromatic N) is 4. The highest BCUT2D eigenvalue weighted by molar-refractivity contribution is 6.35. The van der Waals surface area contributed by atoms with Crippen LogP contribution in [0.2, 0.25) is 10.2 Å². The van der Waals surface area contributed by atoms with Crippen LogP contribution in [-0.2, 0) is 20.8 Å². The predicted molar refractivity (Wildman–Crippen MR) is 158 cm³/mol. The molecule has 222 valence electrons. The van der Waals surface area contributed by atoms with Gasteiger partial charge in [0.2, 0.25) is 0 Å². The molecule has 14 heteroatoms. The number of benzene rings is 1. The standard InChI is InChI=1S/C28H30Cl2N6O6/c1-28(2,3)42-27(39)35-7-8-40-19(13-35)14-36-21-6-5-18(33-25-20(29)10-17(12-31)24(30)34-25)9-16(21)11-22(26(36)38)41-15-23(37)32-4/h5-6,9-11,19H,7-8,13-15H2,1-4H3,(H,32,37)(H,33,34). The Morgan fingerprint density at radius 3 is 2.69 bits per heavy atom. The fraction of sp³-hybridized carbons (Fsp3) is 0.393. The molecule has 2 N–H and O–H groups in total. The lowest BCUT2D eigenvalue weighted by atomic mass is 10.1. The van der Waals surface area contributed by atoms with Crippen molar-refractivity contribution in [2.75, 3.05) is 38.7 Å². The summed E-state index contributed by atoms with van der Waals surface area (Å²) >= 11 is 12.4. The average molecular weight is 617 g/mol. The third-order valence-electron chi connectivity index (χ3n) is 6.19. The zero-order valence-electron chi connectivity index (χ0n) is 23.5. The molecule has 3 heterocycles. The summed E-state index contributed by atoms with van der Waals surface area (Å²) in [6.45, 7) is 5.99. The molecule has 42 heavy (non-hydrogen) atoms. The maximum Gasteiger partial charge on any atom is 0.410 e. The van der Waals surface area contributed by atoms with Gasteiger partial charge in [0.25, 0.3) is 11.5 Å². The predicted octanol–water partition coefficient (Wildman–Crippen LogP) is 4.08. The van der Waals surface area contributed by atoms with Crippen molar-refractivity contribution in [2.24, 2.45) is 0 Å². The fourth-order valence-corrected chi connectivity index (χ4v) is 4.61. The minimum atomic E-state index is -0.650. The molecular weight excluding hydrogens is 587 g/mol. The topological polar surface area (TPSA) is 148 Å². The number of morpholine rings is 1. The molecule has 1 aromatic carbocycles. The molecule has 1 saturated heterocycles. The van der Waals surface area contributed by atoms with Gasteiger partial charge < -0.3 is 34.3 Å². The van der Waals surface area contributed by atoms with Gasteiger partial charge in [-0.1, -0.05) is 23.2 Å². The van der Waals surface area contributed by atoms with Gasteiger partial charge in [-0.2, -0.15) is 5.26 Å². The second kappa shape index (κ2) is 12.9. The second-order valence-electron chi connectivity index (χ2n) is 10.5. The third kappa shape index (κ3) is 7.42. The number of pyridine rings is 2. The van der Waals surface area contributed by atoms with E-state index in [1.807, 2.05) is 6.07 Å². The lowest BCUT2D eigenvalue weighted by Gasteiger charge is -2.34. The number of carbonyl (C=O) groups is 2. The first-order valence-corrected chi connectivity index (χ1v) is 13.8. The summed E-state index contributed by atoms with van der Waals surface area (Å²) in [4.78, 5) is 43.8. The largest absolute Gasteiger partial charge is 0.478 e. The van der Waals surface area contributed by atoms with Gasteiger partial charge in [-0.25, -0.2) is 9.78 Å². The smallest absolute Gasteiger partial charge is 0.410 e. The Labute approximate surface area is 252 Å². The van der Waals surface area contributed by atoms with E-state index < -0.39 is 29.3 Å². The summed E-state index contributed by atoms with van der Waals surface area (Å²) in [6.07, 6.45) is -0.968. The van der Waals surface area contributed by atoms with E-state index in [-0.39, 0.29) is 53.6 Å². The SMILES string of the molecule is CNC(=O)COc1cc2cc(Nc3nc(Cl)c(C#N)cc3Cl)ccc2n(CC2CN(C(=O)OC(C)(C)C)CCO2)c1=O. The van der Waals surface area contributed by atoms with Crippen LogP contribution in [0.4, 0.5) is 16.3 Å². The van der Waals surface area contributed by atoms with Crippen molar-refractivity contribution in [3.63, 3.8) is 0 Å². The summed E-state index contributed by atoms with van der Waals surface area (Å²) in [5.41, 5.74) is 0.151. The normalized spacial score (nSPS) is 15.2. The van der Waals surface area contributed by atoms with Gasteiger partial charge >= 0.3 is 6.09 Å². The maximum atomic E-state index is 13.5. The van der Waals surface area contributed by atoms with Crippen LogP contribution in [0.3, 0.4) is 0 Å². The second-order valence-corrected chi connectivity index (χ2v) is 11.2. The first-order chi connectivity index (χ1) is 19.9. The molecule has 1 unspecified atom stereocenters. The minimum Gasteiger partial charge on any atom is -0.478 e. The van der Waals surface area contributed by atoms with Crippen LogP contribution in [0.25, 0.3) is 10.9 Å². The molecule has 2 amide bonds. The van der Waals surface area contributed by atoms with E-state index in [0.29, 0.717) is 23.1 Å². The van der Waals surface area contributed by atoms with Gasteiger partial charge in [0.05, 0.1) is 41.9 Å². The van der Waals surface area contributed by atoms with Crippen LogP contribution in [0, 0.1) is 11.3 Å². The van der Waals surface area contributed by atoms with E-state index in [0.717, 1.165) is 0 Å². The summed E-state index contributed by atoms with van der Waals surface area (Å²) < 4.78 is 18.5. The number of nitriles is 1. The zero-order chi connectivity index (χ0) is 30.6. The average Bonchev–Trinajstić information content (AvgIpc) is 2.94. The van der Waals surface area contributed by atoms with E-state index in [1.54, 1.807) is 43.9 Å². The van der Waals surface area contributed by atoms with Crippen LogP contribution >= 0.6 is 23.2 Å². The summed E-state index contributed by atoms with van der Waals surface area (Å²) in [6, 6.07) is 10.1. The van der Waals surface area contributed by atoms with Crippen LogP contribution in [0.5, 0.6) is 5.75 Å². The molecule has 12 nitrogen and oxygen atoms in total. The first kappa shape index (κ1) is 30.9. The monoisotopic (exact) mass is 616 g/mol. The molecule has 3 aromatic rings. The zero-order valence-corrected chi connectivity index (χ0v) is 25.0. The molecule has 1 atom stereocenters. The van der Waals surface area contributed by atoms with Gasteiger partial charge in [0.1, 0.15) is 16.8 Å². The molecule has 0 radical (unpaired) electrons. The number of amides is 2. The van der Waals surface area contributed by atoms with Crippen molar-refractivity contribution < 1.29 is 23.8 Å². The van der Waals surface area contributed by atoms with Crippen LogP contribution < -0.4 is 20.9 Å². The van der Waals surface area contributed by atoms with E-state index in [4.69, 9.17) is 42.7 Å². The Morgan fingerprint density at radius 2 is 2.00 bits per heavy atom. The van der Waals surface area contributed by atoms with Crippen molar-refractivity contribution in [2.45, 2.75) is 39.0 Å². The molecule has 1 aliphatic heterocycles. The highest BCUT2D eigenvalue weighted by Crippen LogP contribution is 2.30. The molecule has 0 saturated carbocycles. The summed E-state index contributed by atoms with van der Waals surface area (Å²) in [5, 5.41) is 15.5. The number of nitrogens with one attached hydrogen (secondary N) is 2. The molecule has 1 aliphatic rings. The van der Waals surface area contributed by atoms with Gasteiger partial charge in [-0.05, 0) is 51.1 Å². The van der Waals surface area contributed by atoms with Gasteiger partial charge in [-0.3, -0.25) is 9.59 Å². The number of hydrogen-bond acceptors (Lipinski definition) is 9. The number of anilines is 2. The van der Waals surface area contributed by atoms with Crippen molar-refractivity contribution in [3.05, 3.63) is 56.4 Å². The number of hydrogen-bond donors (Lipinski definition) is 2. The fourth-order valence-electron chi connectivity index (χ4n) is 4.23. The molecular formula is C28H30Cl2N6O6. The van der Waals surface area contributed by atoms with Crippen LogP contribution in [0.15, 0.2) is 35.1 Å². The quantitative estimate of drug-likeness (QED) is 0.374. The Balaban J connectivity index is 1.68. The van der Waals surface area contributed by atoms with Crippen molar-refractivity contribution >= 4 is 57.6 Å². The highest BCUT2D eigenvalue weighted by atomic mass is 35.5. The van der Waals surface area contributed by atoms with E-state index >= 15 is 0 Å². The number of ether oxygens (including phenoxy) is 3.